The standard InChI is InChI=1S/C16H14O2S/c17-8-7-11-5-6-14-15(9-11)19-10-12-3-1-2-4-13(12)16(14)18/h1-6,9,17H,7-8,10H2. The molecule has 2 aromatic rings. The van der Waals surface area contributed by atoms with Crippen LogP contribution in [-0.4, -0.2) is 17.5 Å². The van der Waals surface area contributed by atoms with Gasteiger partial charge in [0, 0.05) is 28.4 Å². The van der Waals surface area contributed by atoms with Crippen molar-refractivity contribution < 1.29 is 9.90 Å². The lowest BCUT2D eigenvalue weighted by atomic mass is 9.98. The number of hydrogen-bond donors (Lipinski definition) is 1. The Kier molecular flexibility index (Phi) is 3.40. The van der Waals surface area contributed by atoms with Crippen LogP contribution in [0.2, 0.25) is 0 Å². The van der Waals surface area contributed by atoms with E-state index in [1.54, 1.807) is 11.8 Å². The second kappa shape index (κ2) is 5.19. The summed E-state index contributed by atoms with van der Waals surface area (Å²) in [6.07, 6.45) is 0.634. The number of thioether (sulfide) groups is 1. The summed E-state index contributed by atoms with van der Waals surface area (Å²) in [6.45, 7) is 0.137. The maximum atomic E-state index is 12.5. The number of fused-ring (bicyclic) bond motifs is 2. The lowest BCUT2D eigenvalue weighted by Crippen LogP contribution is -2.04. The van der Waals surface area contributed by atoms with Crippen molar-refractivity contribution in [1.29, 1.82) is 0 Å². The molecule has 2 nitrogen and oxygen atoms in total. The molecule has 0 fully saturated rings. The molecule has 96 valence electrons. The molecule has 0 spiro atoms. The van der Waals surface area contributed by atoms with Gasteiger partial charge < -0.3 is 5.11 Å². The van der Waals surface area contributed by atoms with E-state index in [-0.39, 0.29) is 12.4 Å². The Hall–Kier alpha value is -1.58. The van der Waals surface area contributed by atoms with Crippen LogP contribution in [-0.2, 0) is 12.2 Å². The molecule has 0 amide bonds. The van der Waals surface area contributed by atoms with Crippen LogP contribution in [0.1, 0.15) is 27.0 Å². The average Bonchev–Trinajstić information content (AvgIpc) is 2.58. The summed E-state index contributed by atoms with van der Waals surface area (Å²) in [5.41, 5.74) is 3.75. The fraction of sp³-hybridized carbons (Fsp3) is 0.188. The van der Waals surface area contributed by atoms with Crippen LogP contribution in [0.5, 0.6) is 0 Å². The van der Waals surface area contributed by atoms with Gasteiger partial charge in [0.2, 0.25) is 0 Å². The Morgan fingerprint density at radius 1 is 1.11 bits per heavy atom. The van der Waals surface area contributed by atoms with Gasteiger partial charge in [-0.1, -0.05) is 30.3 Å². The van der Waals surface area contributed by atoms with Crippen LogP contribution in [0.15, 0.2) is 47.4 Å². The highest BCUT2D eigenvalue weighted by molar-refractivity contribution is 7.98. The van der Waals surface area contributed by atoms with Gasteiger partial charge in [0.1, 0.15) is 0 Å². The lowest BCUT2D eigenvalue weighted by Gasteiger charge is -2.06. The van der Waals surface area contributed by atoms with Crippen molar-refractivity contribution in [3.8, 4) is 0 Å². The third kappa shape index (κ3) is 2.31. The van der Waals surface area contributed by atoms with Crippen LogP contribution < -0.4 is 0 Å². The van der Waals surface area contributed by atoms with E-state index in [0.29, 0.717) is 6.42 Å². The topological polar surface area (TPSA) is 37.3 Å². The zero-order valence-corrected chi connectivity index (χ0v) is 11.2. The molecule has 0 unspecified atom stereocenters. The molecule has 19 heavy (non-hydrogen) atoms. The molecule has 0 aliphatic carbocycles. The zero-order valence-electron chi connectivity index (χ0n) is 10.4. The molecular weight excluding hydrogens is 256 g/mol. The number of ketones is 1. The van der Waals surface area contributed by atoms with Crippen molar-refractivity contribution in [3.63, 3.8) is 0 Å². The van der Waals surface area contributed by atoms with Gasteiger partial charge in [-0.3, -0.25) is 4.79 Å². The van der Waals surface area contributed by atoms with Gasteiger partial charge in [0.05, 0.1) is 0 Å². The van der Waals surface area contributed by atoms with Crippen molar-refractivity contribution in [1.82, 2.24) is 0 Å². The van der Waals surface area contributed by atoms with Gasteiger partial charge in [0.15, 0.2) is 5.78 Å². The van der Waals surface area contributed by atoms with Crippen LogP contribution in [0.3, 0.4) is 0 Å². The van der Waals surface area contributed by atoms with Crippen molar-refractivity contribution >= 4 is 17.5 Å². The van der Waals surface area contributed by atoms with Crippen LogP contribution >= 0.6 is 11.8 Å². The van der Waals surface area contributed by atoms with E-state index >= 15 is 0 Å². The van der Waals surface area contributed by atoms with Crippen LogP contribution in [0.4, 0.5) is 0 Å². The van der Waals surface area contributed by atoms with Gasteiger partial charge in [-0.15, -0.1) is 11.8 Å². The summed E-state index contributed by atoms with van der Waals surface area (Å²) in [4.78, 5) is 13.6. The number of benzene rings is 2. The smallest absolute Gasteiger partial charge is 0.194 e. The Morgan fingerprint density at radius 2 is 1.95 bits per heavy atom. The fourth-order valence-electron chi connectivity index (χ4n) is 2.33. The van der Waals surface area contributed by atoms with E-state index in [1.807, 2.05) is 42.5 Å². The number of carbonyl (C=O) groups is 1. The van der Waals surface area contributed by atoms with Crippen molar-refractivity contribution in [2.24, 2.45) is 0 Å². The number of aliphatic hydroxyl groups excluding tert-OH is 1. The normalized spacial score (nSPS) is 13.6. The molecule has 2 aromatic carbocycles. The Bertz CT molecular complexity index is 634. The quantitative estimate of drug-likeness (QED) is 0.911. The molecule has 3 rings (SSSR count). The number of aliphatic hydroxyl groups is 1. The van der Waals surface area contributed by atoms with Gasteiger partial charge in [0.25, 0.3) is 0 Å². The Morgan fingerprint density at radius 3 is 2.79 bits per heavy atom. The van der Waals surface area contributed by atoms with E-state index in [1.165, 1.54) is 0 Å². The molecule has 1 heterocycles. The molecular formula is C16H14O2S. The number of hydrogen-bond acceptors (Lipinski definition) is 3. The lowest BCUT2D eigenvalue weighted by molar-refractivity contribution is 0.103. The largest absolute Gasteiger partial charge is 0.396 e. The predicted octanol–water partition coefficient (Wildman–Crippen LogP) is 3.06. The second-order valence-electron chi connectivity index (χ2n) is 4.58. The first-order valence-corrected chi connectivity index (χ1v) is 7.27. The van der Waals surface area contributed by atoms with E-state index in [4.69, 9.17) is 5.11 Å². The zero-order chi connectivity index (χ0) is 13.2. The monoisotopic (exact) mass is 270 g/mol. The van der Waals surface area contributed by atoms with E-state index in [9.17, 15) is 4.79 Å². The predicted molar refractivity (Wildman–Crippen MR) is 76.7 cm³/mol. The molecule has 0 radical (unpaired) electrons. The maximum Gasteiger partial charge on any atom is 0.194 e. The summed E-state index contributed by atoms with van der Waals surface area (Å²) in [5, 5.41) is 9.00. The van der Waals surface area contributed by atoms with Gasteiger partial charge in [-0.2, -0.15) is 0 Å². The summed E-state index contributed by atoms with van der Waals surface area (Å²) >= 11 is 1.69. The first-order valence-electron chi connectivity index (χ1n) is 6.29. The minimum Gasteiger partial charge on any atom is -0.396 e. The molecule has 0 atom stereocenters. The third-order valence-corrected chi connectivity index (χ3v) is 4.44. The first kappa shape index (κ1) is 12.5. The number of rotatable bonds is 2. The van der Waals surface area contributed by atoms with Crippen LogP contribution in [0, 0.1) is 0 Å². The van der Waals surface area contributed by atoms with E-state index < -0.39 is 0 Å². The summed E-state index contributed by atoms with van der Waals surface area (Å²) < 4.78 is 0. The summed E-state index contributed by atoms with van der Waals surface area (Å²) in [7, 11) is 0. The van der Waals surface area contributed by atoms with Crippen molar-refractivity contribution in [2.75, 3.05) is 6.61 Å². The van der Waals surface area contributed by atoms with E-state index in [2.05, 4.69) is 0 Å². The molecule has 3 heteroatoms. The van der Waals surface area contributed by atoms with Crippen molar-refractivity contribution in [3.05, 3.63) is 64.7 Å². The molecule has 0 saturated carbocycles. The minimum absolute atomic E-state index is 0.103. The summed E-state index contributed by atoms with van der Waals surface area (Å²) in [6, 6.07) is 13.6. The van der Waals surface area contributed by atoms with Crippen molar-refractivity contribution in [2.45, 2.75) is 17.1 Å². The van der Waals surface area contributed by atoms with Gasteiger partial charge in [-0.05, 0) is 29.7 Å². The molecule has 0 bridgehead atoms. The first-order chi connectivity index (χ1) is 9.29. The summed E-state index contributed by atoms with van der Waals surface area (Å²) in [5.74, 6) is 0.920. The maximum absolute atomic E-state index is 12.5. The van der Waals surface area contributed by atoms with E-state index in [0.717, 1.165) is 32.9 Å². The third-order valence-electron chi connectivity index (χ3n) is 3.34. The highest BCUT2D eigenvalue weighted by Gasteiger charge is 2.21. The van der Waals surface area contributed by atoms with Gasteiger partial charge >= 0.3 is 0 Å². The average molecular weight is 270 g/mol. The SMILES string of the molecule is O=C1c2ccccc2CSc2cc(CCO)ccc21. The minimum atomic E-state index is 0.103. The van der Waals surface area contributed by atoms with Crippen LogP contribution in [0.25, 0.3) is 0 Å². The Labute approximate surface area is 116 Å². The Balaban J connectivity index is 2.07. The molecule has 1 aliphatic heterocycles. The number of carbonyl (C=O) groups excluding carboxylic acids is 1. The second-order valence-corrected chi connectivity index (χ2v) is 5.60. The molecule has 0 aromatic heterocycles. The van der Waals surface area contributed by atoms with Gasteiger partial charge in [-0.25, -0.2) is 0 Å². The highest BCUT2D eigenvalue weighted by atomic mass is 32.2. The molecule has 0 saturated heterocycles. The highest BCUT2D eigenvalue weighted by Crippen LogP contribution is 2.34. The molecule has 1 aliphatic rings. The molecule has 1 N–H and O–H groups in total. The fourth-order valence-corrected chi connectivity index (χ4v) is 3.44.